The van der Waals surface area contributed by atoms with Crippen LogP contribution in [0.1, 0.15) is 5.69 Å². The first kappa shape index (κ1) is 7.22. The fourth-order valence-electron chi connectivity index (χ4n) is 0.631. The van der Waals surface area contributed by atoms with Crippen molar-refractivity contribution in [2.45, 2.75) is 0 Å². The Bertz CT molecular complexity index is 285. The number of hydrogen-bond donors (Lipinski definition) is 2. The molecular formula is C7H6N4. The second-order valence-electron chi connectivity index (χ2n) is 1.83. The number of nitrogens with zero attached hydrogens (tertiary/aromatic N) is 2. The quantitative estimate of drug-likeness (QED) is 0.262. The van der Waals surface area contributed by atoms with E-state index < -0.39 is 0 Å². The minimum absolute atomic E-state index is 0.0214. The summed E-state index contributed by atoms with van der Waals surface area (Å²) in [6.45, 7) is 0. The highest BCUT2D eigenvalue weighted by Crippen LogP contribution is 1.91. The van der Waals surface area contributed by atoms with Crippen LogP contribution in [-0.2, 0) is 0 Å². The maximum Gasteiger partial charge on any atom is 0.182 e. The Labute approximate surface area is 64.0 Å². The molecule has 0 aliphatic rings. The predicted octanol–water partition coefficient (Wildman–Crippen LogP) is 0.478. The van der Waals surface area contributed by atoms with Gasteiger partial charge in [0.2, 0.25) is 0 Å². The van der Waals surface area contributed by atoms with Crippen LogP contribution in [0.25, 0.3) is 0 Å². The Hall–Kier alpha value is -1.89. The number of pyridine rings is 1. The minimum atomic E-state index is 0.0214. The summed E-state index contributed by atoms with van der Waals surface area (Å²) in [7, 11) is 0. The average Bonchev–Trinajstić information content (AvgIpc) is 2.07. The number of nitrogens with one attached hydrogen (secondary N) is 2. The highest BCUT2D eigenvalue weighted by molar-refractivity contribution is 5.95. The Balaban J connectivity index is 2.79. The van der Waals surface area contributed by atoms with Crippen molar-refractivity contribution in [3.8, 4) is 6.19 Å². The van der Waals surface area contributed by atoms with E-state index in [4.69, 9.17) is 10.7 Å². The van der Waals surface area contributed by atoms with Crippen molar-refractivity contribution >= 4 is 5.84 Å². The van der Waals surface area contributed by atoms with E-state index in [1.807, 2.05) is 0 Å². The zero-order valence-corrected chi connectivity index (χ0v) is 5.70. The molecule has 1 heterocycles. The van der Waals surface area contributed by atoms with E-state index in [0.29, 0.717) is 5.69 Å². The molecule has 0 saturated heterocycles. The van der Waals surface area contributed by atoms with Crippen LogP contribution in [0.5, 0.6) is 0 Å². The number of amidine groups is 1. The number of rotatable bonds is 1. The van der Waals surface area contributed by atoms with Gasteiger partial charge in [0.1, 0.15) is 5.69 Å². The van der Waals surface area contributed by atoms with E-state index >= 15 is 0 Å². The fourth-order valence-corrected chi connectivity index (χ4v) is 0.631. The molecule has 4 heteroatoms. The van der Waals surface area contributed by atoms with Crippen molar-refractivity contribution in [3.63, 3.8) is 0 Å². The van der Waals surface area contributed by atoms with Gasteiger partial charge in [-0.1, -0.05) is 6.07 Å². The molecule has 0 unspecified atom stereocenters. The Morgan fingerprint density at radius 1 is 1.64 bits per heavy atom. The largest absolute Gasteiger partial charge is 0.282 e. The summed E-state index contributed by atoms with van der Waals surface area (Å²) >= 11 is 0. The summed E-state index contributed by atoms with van der Waals surface area (Å²) in [6, 6.07) is 5.17. The first-order valence-electron chi connectivity index (χ1n) is 2.99. The normalized spacial score (nSPS) is 8.27. The summed E-state index contributed by atoms with van der Waals surface area (Å²) in [5, 5.41) is 17.6. The molecule has 0 aromatic carbocycles. The summed E-state index contributed by atoms with van der Waals surface area (Å²) in [5.74, 6) is 0.0214. The highest BCUT2D eigenvalue weighted by atomic mass is 14.9. The van der Waals surface area contributed by atoms with E-state index in [9.17, 15) is 0 Å². The summed E-state index contributed by atoms with van der Waals surface area (Å²) < 4.78 is 0. The van der Waals surface area contributed by atoms with Gasteiger partial charge >= 0.3 is 0 Å². The van der Waals surface area contributed by atoms with Gasteiger partial charge in [-0.15, -0.1) is 0 Å². The molecule has 0 fully saturated rings. The van der Waals surface area contributed by atoms with E-state index in [1.165, 1.54) is 0 Å². The van der Waals surface area contributed by atoms with Crippen molar-refractivity contribution in [2.75, 3.05) is 0 Å². The lowest BCUT2D eigenvalue weighted by molar-refractivity contribution is 1.17. The first-order valence-corrected chi connectivity index (χ1v) is 2.99. The van der Waals surface area contributed by atoms with E-state index in [0.717, 1.165) is 0 Å². The van der Waals surface area contributed by atoms with Crippen LogP contribution < -0.4 is 5.32 Å². The Morgan fingerprint density at radius 3 is 3.00 bits per heavy atom. The molecule has 0 saturated carbocycles. The maximum absolute atomic E-state index is 8.17. The van der Waals surface area contributed by atoms with Gasteiger partial charge in [0.15, 0.2) is 12.0 Å². The molecule has 11 heavy (non-hydrogen) atoms. The average molecular weight is 146 g/mol. The lowest BCUT2D eigenvalue weighted by Gasteiger charge is -1.96. The second kappa shape index (κ2) is 3.32. The molecule has 0 bridgehead atoms. The topological polar surface area (TPSA) is 72.6 Å². The van der Waals surface area contributed by atoms with Crippen molar-refractivity contribution < 1.29 is 0 Å². The lowest BCUT2D eigenvalue weighted by Crippen LogP contribution is -2.18. The van der Waals surface area contributed by atoms with Crippen molar-refractivity contribution in [3.05, 3.63) is 30.1 Å². The lowest BCUT2D eigenvalue weighted by atomic mass is 10.3. The highest BCUT2D eigenvalue weighted by Gasteiger charge is 1.97. The van der Waals surface area contributed by atoms with Gasteiger partial charge < -0.3 is 0 Å². The van der Waals surface area contributed by atoms with Crippen LogP contribution in [0.3, 0.4) is 0 Å². The number of hydrogen-bond acceptors (Lipinski definition) is 3. The molecule has 4 nitrogen and oxygen atoms in total. The Morgan fingerprint density at radius 2 is 2.45 bits per heavy atom. The van der Waals surface area contributed by atoms with Gasteiger partial charge in [0.25, 0.3) is 0 Å². The van der Waals surface area contributed by atoms with Crippen LogP contribution in [0.15, 0.2) is 24.4 Å². The molecule has 1 aromatic heterocycles. The van der Waals surface area contributed by atoms with Gasteiger partial charge in [0, 0.05) is 6.20 Å². The van der Waals surface area contributed by atoms with Crippen molar-refractivity contribution in [1.82, 2.24) is 10.3 Å². The first-order chi connectivity index (χ1) is 5.34. The van der Waals surface area contributed by atoms with Gasteiger partial charge in [0.05, 0.1) is 0 Å². The summed E-state index contributed by atoms with van der Waals surface area (Å²) in [6.07, 6.45) is 3.22. The SMILES string of the molecule is N#CNC(=N)c1ccccn1. The minimum Gasteiger partial charge on any atom is -0.282 e. The predicted molar refractivity (Wildman–Crippen MR) is 39.8 cm³/mol. The third kappa shape index (κ3) is 1.76. The standard InChI is InChI=1S/C7H6N4/c8-5-11-7(9)6-3-1-2-4-10-6/h1-4H,(H2,9,11). The van der Waals surface area contributed by atoms with E-state index in [2.05, 4.69) is 10.3 Å². The second-order valence-corrected chi connectivity index (χ2v) is 1.83. The molecule has 0 amide bonds. The van der Waals surface area contributed by atoms with Gasteiger partial charge in [-0.3, -0.25) is 15.7 Å². The molecule has 0 aliphatic carbocycles. The smallest absolute Gasteiger partial charge is 0.182 e. The van der Waals surface area contributed by atoms with Gasteiger partial charge in [-0.2, -0.15) is 5.26 Å². The molecule has 2 N–H and O–H groups in total. The zero-order chi connectivity index (χ0) is 8.10. The van der Waals surface area contributed by atoms with Gasteiger partial charge in [-0.25, -0.2) is 0 Å². The molecule has 1 aromatic rings. The number of nitriles is 1. The molecule has 1 rings (SSSR count). The maximum atomic E-state index is 8.17. The summed E-state index contributed by atoms with van der Waals surface area (Å²) in [4.78, 5) is 3.86. The van der Waals surface area contributed by atoms with Crippen molar-refractivity contribution in [2.24, 2.45) is 0 Å². The van der Waals surface area contributed by atoms with Crippen LogP contribution in [0, 0.1) is 16.9 Å². The third-order valence-corrected chi connectivity index (χ3v) is 1.10. The van der Waals surface area contributed by atoms with Crippen LogP contribution >= 0.6 is 0 Å². The molecule has 0 radical (unpaired) electrons. The number of aromatic nitrogens is 1. The van der Waals surface area contributed by atoms with Gasteiger partial charge in [-0.05, 0) is 12.1 Å². The third-order valence-electron chi connectivity index (χ3n) is 1.10. The monoisotopic (exact) mass is 146 g/mol. The van der Waals surface area contributed by atoms with E-state index in [-0.39, 0.29) is 5.84 Å². The molecule has 0 atom stereocenters. The van der Waals surface area contributed by atoms with Crippen LogP contribution in [0.4, 0.5) is 0 Å². The van der Waals surface area contributed by atoms with Crippen LogP contribution in [0.2, 0.25) is 0 Å². The molecular weight excluding hydrogens is 140 g/mol. The fraction of sp³-hybridized carbons (Fsp3) is 0. The van der Waals surface area contributed by atoms with E-state index in [1.54, 1.807) is 30.6 Å². The summed E-state index contributed by atoms with van der Waals surface area (Å²) in [5.41, 5.74) is 0.467. The molecule has 0 aliphatic heterocycles. The zero-order valence-electron chi connectivity index (χ0n) is 5.70. The van der Waals surface area contributed by atoms with Crippen molar-refractivity contribution in [1.29, 1.82) is 10.7 Å². The molecule has 0 spiro atoms. The van der Waals surface area contributed by atoms with Crippen LogP contribution in [-0.4, -0.2) is 10.8 Å². The molecule has 54 valence electrons. The Kier molecular flexibility index (Phi) is 2.18.